The molecule has 3 fully saturated rings. The number of carbonyl (C=O) groups excluding carboxylic acids is 5. The summed E-state index contributed by atoms with van der Waals surface area (Å²) < 4.78 is 42.6. The van der Waals surface area contributed by atoms with Crippen LogP contribution in [0.2, 0.25) is 0 Å². The number of ketones is 1. The van der Waals surface area contributed by atoms with E-state index in [1.165, 1.54) is 13.8 Å². The summed E-state index contributed by atoms with van der Waals surface area (Å²) in [5.41, 5.74) is -1.58. The fourth-order valence-corrected chi connectivity index (χ4v) is 9.25. The minimum Gasteiger partial charge on any atom is -0.458 e. The van der Waals surface area contributed by atoms with Gasteiger partial charge in [-0.2, -0.15) is 0 Å². The number of nitrogens with zero attached hydrogens (tertiary/aromatic N) is 3. The van der Waals surface area contributed by atoms with Crippen LogP contribution in [0.4, 0.5) is 9.59 Å². The summed E-state index contributed by atoms with van der Waals surface area (Å²) in [5, 5.41) is 14.9. The average molecular weight is 881 g/mol. The van der Waals surface area contributed by atoms with E-state index in [2.05, 4.69) is 15.3 Å². The van der Waals surface area contributed by atoms with E-state index < -0.39 is 95.8 Å². The second kappa shape index (κ2) is 20.7. The molecule has 3 aliphatic heterocycles. The van der Waals surface area contributed by atoms with Crippen LogP contribution in [-0.2, 0) is 47.5 Å². The van der Waals surface area contributed by atoms with Crippen LogP contribution in [0.3, 0.4) is 0 Å². The number of aliphatic hydroxyl groups excluding tert-OH is 1. The van der Waals surface area contributed by atoms with Gasteiger partial charge in [-0.3, -0.25) is 14.4 Å². The molecular weight excluding hydrogens is 817 g/mol. The Bertz CT molecular complexity index is 1950. The van der Waals surface area contributed by atoms with Crippen molar-refractivity contribution in [3.63, 3.8) is 0 Å². The Hall–Kier alpha value is -4.97. The number of benzene rings is 1. The predicted octanol–water partition coefficient (Wildman–Crippen LogP) is 5.52. The maximum Gasteiger partial charge on any atom is 0.509 e. The number of likely N-dealkylation sites (N-methyl/N-ethyl adjacent to an activating group) is 1. The number of carbonyl (C=O) groups is 5. The standard InChI is InChI=1S/C46H64N4O13/c1-12-34-46(9)38(49-43(55)62-46)27(4)35(52)25(2)24-45(8,63-44(56)57-22-13-15-31-16-18-32(19-17-31)40-47-20-14-21-48-40)39(28(5)36(53)29(6)41(54)60-34)61-42-37(59-30(7)51)33(50(10)11)23-26(3)58-42/h13-21,25-29,33-34,36-39,42,53H,12,22-24H2,1-11H3,(H,49,55)/t25-,26-,27+,28+,29-,33+,34-,36+,37-,38-,39-,42+,45-,46-/m1/s1. The van der Waals surface area contributed by atoms with Crippen LogP contribution in [0.5, 0.6) is 0 Å². The van der Waals surface area contributed by atoms with Gasteiger partial charge in [0.1, 0.15) is 30.2 Å². The summed E-state index contributed by atoms with van der Waals surface area (Å²) >= 11 is 0. The monoisotopic (exact) mass is 880 g/mol. The number of aromatic nitrogens is 2. The smallest absolute Gasteiger partial charge is 0.458 e. The van der Waals surface area contributed by atoms with Crippen molar-refractivity contribution in [1.82, 2.24) is 20.2 Å². The molecule has 0 radical (unpaired) electrons. The number of fused-ring (bicyclic) bond motifs is 1. The molecule has 0 unspecified atom stereocenters. The summed E-state index contributed by atoms with van der Waals surface area (Å²) in [4.78, 5) is 78.2. The third kappa shape index (κ3) is 11.4. The number of esters is 2. The summed E-state index contributed by atoms with van der Waals surface area (Å²) in [5.74, 6) is -5.08. The van der Waals surface area contributed by atoms with Gasteiger partial charge in [-0.15, -0.1) is 0 Å². The highest BCUT2D eigenvalue weighted by molar-refractivity contribution is 5.85. The largest absolute Gasteiger partial charge is 0.509 e. The molecule has 14 atom stereocenters. The van der Waals surface area contributed by atoms with Crippen molar-refractivity contribution in [3.8, 4) is 11.4 Å². The van der Waals surface area contributed by atoms with E-state index in [-0.39, 0.29) is 37.4 Å². The molecule has 0 bridgehead atoms. The Kier molecular flexibility index (Phi) is 16.1. The molecule has 1 aromatic heterocycles. The molecule has 5 rings (SSSR count). The molecule has 0 spiro atoms. The lowest BCUT2D eigenvalue weighted by molar-refractivity contribution is -0.301. The lowest BCUT2D eigenvalue weighted by atomic mass is 9.73. The van der Waals surface area contributed by atoms with Gasteiger partial charge >= 0.3 is 24.2 Å². The van der Waals surface area contributed by atoms with Gasteiger partial charge in [-0.05, 0) is 78.8 Å². The molecule has 63 heavy (non-hydrogen) atoms. The van der Waals surface area contributed by atoms with Crippen LogP contribution in [0.1, 0.15) is 87.1 Å². The minimum atomic E-state index is -1.79. The van der Waals surface area contributed by atoms with Crippen LogP contribution >= 0.6 is 0 Å². The molecule has 17 heteroatoms. The summed E-state index contributed by atoms with van der Waals surface area (Å²) in [7, 11) is 3.68. The van der Waals surface area contributed by atoms with Crippen molar-refractivity contribution in [2.45, 2.75) is 142 Å². The van der Waals surface area contributed by atoms with Gasteiger partial charge in [-0.1, -0.05) is 58.0 Å². The molecule has 2 aromatic rings. The summed E-state index contributed by atoms with van der Waals surface area (Å²) in [6, 6.07) is 7.94. The SMILES string of the molecule is CC[C@H]1OC(=O)[C@H](C)[C@@H](O)[C@H](C)[C@@H](O[C@@H]2O[C@H](C)C[C@H](N(C)C)[C@H]2OC(C)=O)[C@](C)(OC(=O)OCC=Cc2ccc(-c3ncccn3)cc2)C[C@@H](C)C(=O)[C@H](C)[C@H]2NC(=O)O[C@@]21C. The minimum absolute atomic E-state index is 0.174. The van der Waals surface area contributed by atoms with E-state index >= 15 is 0 Å². The number of ether oxygens (including phenoxy) is 7. The zero-order valence-corrected chi connectivity index (χ0v) is 38.1. The third-order valence-electron chi connectivity index (χ3n) is 12.6. The zero-order chi connectivity index (χ0) is 46.4. The number of hydrogen-bond acceptors (Lipinski definition) is 16. The van der Waals surface area contributed by atoms with Gasteiger partial charge in [0.2, 0.25) is 0 Å². The number of cyclic esters (lactones) is 1. The van der Waals surface area contributed by atoms with Crippen molar-refractivity contribution in [2.24, 2.45) is 23.7 Å². The van der Waals surface area contributed by atoms with Crippen LogP contribution in [0.25, 0.3) is 17.5 Å². The van der Waals surface area contributed by atoms with Crippen LogP contribution in [0.15, 0.2) is 48.8 Å². The van der Waals surface area contributed by atoms with E-state index in [1.807, 2.05) is 50.2 Å². The van der Waals surface area contributed by atoms with Crippen LogP contribution in [0, 0.1) is 23.7 Å². The number of hydrogen-bond donors (Lipinski definition) is 2. The Labute approximate surface area is 369 Å². The molecular formula is C46H64N4O13. The molecule has 4 heterocycles. The van der Waals surface area contributed by atoms with E-state index in [4.69, 9.17) is 33.2 Å². The van der Waals surface area contributed by atoms with Gasteiger partial charge in [0.25, 0.3) is 0 Å². The van der Waals surface area contributed by atoms with Crippen LogP contribution in [-0.4, -0.2) is 131 Å². The highest BCUT2D eigenvalue weighted by atomic mass is 16.8. The molecule has 17 nitrogen and oxygen atoms in total. The lowest BCUT2D eigenvalue weighted by Crippen LogP contribution is -2.61. The normalized spacial score (nSPS) is 35.5. The highest BCUT2D eigenvalue weighted by Crippen LogP contribution is 2.41. The molecule has 3 aliphatic rings. The Morgan fingerprint density at radius 3 is 2.30 bits per heavy atom. The lowest BCUT2D eigenvalue weighted by Gasteiger charge is -2.48. The molecule has 0 saturated carbocycles. The topological polar surface area (TPSA) is 211 Å². The Morgan fingerprint density at radius 2 is 1.68 bits per heavy atom. The predicted molar refractivity (Wildman–Crippen MR) is 228 cm³/mol. The number of aliphatic hydroxyl groups is 1. The van der Waals surface area contributed by atoms with Crippen molar-refractivity contribution in [3.05, 3.63) is 54.4 Å². The first-order valence-electron chi connectivity index (χ1n) is 21.6. The first kappa shape index (κ1) is 49.1. The molecule has 2 N–H and O–H groups in total. The van der Waals surface area contributed by atoms with Gasteiger partial charge in [-0.25, -0.2) is 19.6 Å². The first-order chi connectivity index (χ1) is 29.7. The van der Waals surface area contributed by atoms with Crippen molar-refractivity contribution in [1.29, 1.82) is 0 Å². The maximum atomic E-state index is 14.5. The van der Waals surface area contributed by atoms with Gasteiger partial charge in [0.15, 0.2) is 23.8 Å². The van der Waals surface area contributed by atoms with Crippen molar-refractivity contribution >= 4 is 36.0 Å². The summed E-state index contributed by atoms with van der Waals surface area (Å²) in [6.45, 7) is 14.3. The molecule has 0 aliphatic carbocycles. The Balaban J connectivity index is 1.52. The molecule has 1 amide bonds. The second-order valence-corrected chi connectivity index (χ2v) is 17.7. The van der Waals surface area contributed by atoms with Crippen molar-refractivity contribution < 1.29 is 62.2 Å². The van der Waals surface area contributed by atoms with Crippen molar-refractivity contribution in [2.75, 3.05) is 20.7 Å². The second-order valence-electron chi connectivity index (χ2n) is 17.7. The Morgan fingerprint density at radius 1 is 1.02 bits per heavy atom. The van der Waals surface area contributed by atoms with Crippen LogP contribution < -0.4 is 5.32 Å². The molecule has 3 saturated heterocycles. The highest BCUT2D eigenvalue weighted by Gasteiger charge is 2.58. The first-order valence-corrected chi connectivity index (χ1v) is 21.6. The fourth-order valence-electron chi connectivity index (χ4n) is 9.25. The summed E-state index contributed by atoms with van der Waals surface area (Å²) in [6.07, 6.45) is -1.04. The van der Waals surface area contributed by atoms with E-state index in [1.54, 1.807) is 72.2 Å². The number of amides is 1. The van der Waals surface area contributed by atoms with E-state index in [0.29, 0.717) is 12.2 Å². The van der Waals surface area contributed by atoms with Gasteiger partial charge < -0.3 is 48.5 Å². The number of rotatable bonds is 10. The van der Waals surface area contributed by atoms with Gasteiger partial charge in [0, 0.05) is 42.6 Å². The maximum absolute atomic E-state index is 14.5. The molecule has 346 valence electrons. The average Bonchev–Trinajstić information content (AvgIpc) is 3.56. The zero-order valence-electron chi connectivity index (χ0n) is 38.1. The van der Waals surface area contributed by atoms with Gasteiger partial charge in [0.05, 0.1) is 30.2 Å². The fraction of sp³-hybridized carbons (Fsp3) is 0.630. The van der Waals surface area contributed by atoms with E-state index in [0.717, 1.165) is 11.1 Å². The van der Waals surface area contributed by atoms with E-state index in [9.17, 15) is 29.1 Å². The quantitative estimate of drug-likeness (QED) is 0.222. The number of alkyl carbamates (subject to hydrolysis) is 1. The third-order valence-corrected chi connectivity index (χ3v) is 12.6. The number of nitrogens with one attached hydrogen (secondary N) is 1. The molecule has 1 aromatic carbocycles. The number of Topliss-reactive ketones (excluding diaryl/α,β-unsaturated/α-hetero) is 1.